The van der Waals surface area contributed by atoms with Crippen LogP contribution in [-0.4, -0.2) is 46.9 Å². The van der Waals surface area contributed by atoms with E-state index >= 15 is 0 Å². The summed E-state index contributed by atoms with van der Waals surface area (Å²) in [5, 5.41) is 17.0. The topological polar surface area (TPSA) is 91.6 Å². The highest BCUT2D eigenvalue weighted by molar-refractivity contribution is 7.13. The van der Waals surface area contributed by atoms with Crippen molar-refractivity contribution < 1.29 is 9.72 Å². The normalized spacial score (nSPS) is 18.8. The molecule has 1 N–H and O–H groups in total. The number of anilines is 2. The molecule has 1 aromatic carbocycles. The van der Waals surface area contributed by atoms with Crippen molar-refractivity contribution >= 4 is 33.8 Å². The molecular formula is C22H29N5O3S. The first-order valence-corrected chi connectivity index (χ1v) is 11.8. The fourth-order valence-corrected chi connectivity index (χ4v) is 5.07. The van der Waals surface area contributed by atoms with Crippen LogP contribution in [0.3, 0.4) is 0 Å². The molecule has 0 atom stereocenters. The van der Waals surface area contributed by atoms with E-state index in [1.807, 2.05) is 16.3 Å². The second-order valence-corrected chi connectivity index (χ2v) is 9.46. The van der Waals surface area contributed by atoms with Crippen LogP contribution in [0.1, 0.15) is 38.3 Å². The lowest BCUT2D eigenvalue weighted by Gasteiger charge is -2.32. The van der Waals surface area contributed by atoms with Gasteiger partial charge in [-0.2, -0.15) is 0 Å². The van der Waals surface area contributed by atoms with Crippen LogP contribution in [-0.2, 0) is 11.3 Å². The van der Waals surface area contributed by atoms with Crippen molar-refractivity contribution in [3.05, 3.63) is 45.5 Å². The van der Waals surface area contributed by atoms with Crippen molar-refractivity contribution in [2.75, 3.05) is 36.4 Å². The van der Waals surface area contributed by atoms with Crippen LogP contribution in [0.25, 0.3) is 0 Å². The summed E-state index contributed by atoms with van der Waals surface area (Å²) >= 11 is 1.48. The molecule has 9 heteroatoms. The van der Waals surface area contributed by atoms with Crippen LogP contribution >= 0.6 is 11.3 Å². The lowest BCUT2D eigenvalue weighted by Crippen LogP contribution is -2.38. The second-order valence-electron chi connectivity index (χ2n) is 8.60. The number of amides is 1. The molecular weight excluding hydrogens is 414 g/mol. The van der Waals surface area contributed by atoms with E-state index in [9.17, 15) is 14.9 Å². The molecule has 4 rings (SSSR count). The van der Waals surface area contributed by atoms with Crippen LogP contribution in [0, 0.1) is 22.0 Å². The number of carbonyl (C=O) groups is 1. The summed E-state index contributed by atoms with van der Waals surface area (Å²) in [5.74, 6) is 0.700. The average molecular weight is 444 g/mol. The summed E-state index contributed by atoms with van der Waals surface area (Å²) < 4.78 is 0. The van der Waals surface area contributed by atoms with Crippen molar-refractivity contribution in [2.45, 2.75) is 39.2 Å². The largest absolute Gasteiger partial charge is 0.366 e. The number of nitro benzene ring substituents is 1. The van der Waals surface area contributed by atoms with E-state index < -0.39 is 0 Å². The monoisotopic (exact) mass is 443 g/mol. The van der Waals surface area contributed by atoms with Gasteiger partial charge in [-0.25, -0.2) is 4.98 Å². The number of hydrogen-bond acceptors (Lipinski definition) is 7. The second kappa shape index (κ2) is 9.74. The Hall–Kier alpha value is -2.52. The summed E-state index contributed by atoms with van der Waals surface area (Å²) in [7, 11) is 0. The van der Waals surface area contributed by atoms with Gasteiger partial charge in [-0.05, 0) is 50.8 Å². The van der Waals surface area contributed by atoms with Gasteiger partial charge in [-0.3, -0.25) is 19.8 Å². The number of para-hydroxylation sites is 2. The standard InChI is InChI=1S/C22H29N5O3S/c1-16-6-10-25(11-7-16)14-18-15-31-22(23-18)24-21(28)17-8-12-26(13-9-17)19-4-2-3-5-20(19)27(29)30/h2-5,15-17H,6-14H2,1H3,(H,23,24,28). The molecule has 0 unspecified atom stereocenters. The van der Waals surface area contributed by atoms with Crippen molar-refractivity contribution in [1.82, 2.24) is 9.88 Å². The summed E-state index contributed by atoms with van der Waals surface area (Å²) in [5.41, 5.74) is 1.76. The number of aromatic nitrogens is 1. The minimum atomic E-state index is -0.349. The van der Waals surface area contributed by atoms with Gasteiger partial charge in [0.2, 0.25) is 5.91 Å². The summed E-state index contributed by atoms with van der Waals surface area (Å²) in [6, 6.07) is 6.79. The number of hydrogen-bond donors (Lipinski definition) is 1. The SMILES string of the molecule is CC1CCN(Cc2csc(NC(=O)C3CCN(c4ccccc4[N+](=O)[O-])CC3)n2)CC1. The molecule has 31 heavy (non-hydrogen) atoms. The van der Waals surface area contributed by atoms with Crippen LogP contribution in [0.5, 0.6) is 0 Å². The first-order chi connectivity index (χ1) is 15.0. The summed E-state index contributed by atoms with van der Waals surface area (Å²) in [4.78, 5) is 32.7. The predicted molar refractivity (Wildman–Crippen MR) is 122 cm³/mol. The van der Waals surface area contributed by atoms with Gasteiger partial charge in [0.1, 0.15) is 5.69 Å². The first kappa shape index (κ1) is 21.7. The van der Waals surface area contributed by atoms with Crippen molar-refractivity contribution in [3.8, 4) is 0 Å². The number of nitrogens with one attached hydrogen (secondary N) is 1. The lowest BCUT2D eigenvalue weighted by molar-refractivity contribution is -0.384. The Bertz CT molecular complexity index is 917. The summed E-state index contributed by atoms with van der Waals surface area (Å²) in [6.07, 6.45) is 3.81. The van der Waals surface area contributed by atoms with Gasteiger partial charge in [-0.1, -0.05) is 19.1 Å². The number of thiazole rings is 1. The molecule has 2 fully saturated rings. The molecule has 0 spiro atoms. The Morgan fingerprint density at radius 2 is 1.90 bits per heavy atom. The number of likely N-dealkylation sites (tertiary alicyclic amines) is 1. The smallest absolute Gasteiger partial charge is 0.292 e. The molecule has 8 nitrogen and oxygen atoms in total. The summed E-state index contributed by atoms with van der Waals surface area (Å²) in [6.45, 7) is 6.61. The van der Waals surface area contributed by atoms with E-state index in [-0.39, 0.29) is 22.4 Å². The van der Waals surface area contributed by atoms with Crippen LogP contribution in [0.15, 0.2) is 29.6 Å². The predicted octanol–water partition coefficient (Wildman–Crippen LogP) is 4.14. The molecule has 0 bridgehead atoms. The lowest BCUT2D eigenvalue weighted by atomic mass is 9.95. The number of rotatable bonds is 6. The van der Waals surface area contributed by atoms with Gasteiger partial charge >= 0.3 is 0 Å². The highest BCUT2D eigenvalue weighted by Crippen LogP contribution is 2.31. The van der Waals surface area contributed by atoms with E-state index in [4.69, 9.17) is 0 Å². The molecule has 2 aliphatic rings. The Kier molecular flexibility index (Phi) is 6.82. The first-order valence-electron chi connectivity index (χ1n) is 11.0. The molecule has 0 saturated carbocycles. The molecule has 3 heterocycles. The Balaban J connectivity index is 1.28. The minimum absolute atomic E-state index is 0.00471. The quantitative estimate of drug-likeness (QED) is 0.533. The van der Waals surface area contributed by atoms with Gasteiger partial charge in [0, 0.05) is 37.0 Å². The molecule has 1 amide bonds. The van der Waals surface area contributed by atoms with Gasteiger partial charge in [0.25, 0.3) is 5.69 Å². The maximum Gasteiger partial charge on any atom is 0.292 e. The number of piperidine rings is 2. The number of carbonyl (C=O) groups excluding carboxylic acids is 1. The zero-order valence-corrected chi connectivity index (χ0v) is 18.6. The van der Waals surface area contributed by atoms with Gasteiger partial charge in [-0.15, -0.1) is 11.3 Å². The number of benzene rings is 1. The van der Waals surface area contributed by atoms with Crippen LogP contribution in [0.4, 0.5) is 16.5 Å². The Morgan fingerprint density at radius 1 is 1.19 bits per heavy atom. The fourth-order valence-electron chi connectivity index (χ4n) is 4.36. The molecule has 2 saturated heterocycles. The number of nitrogens with zero attached hydrogens (tertiary/aromatic N) is 4. The third-order valence-electron chi connectivity index (χ3n) is 6.33. The van der Waals surface area contributed by atoms with E-state index in [1.165, 1.54) is 30.2 Å². The van der Waals surface area contributed by atoms with E-state index in [2.05, 4.69) is 22.1 Å². The van der Waals surface area contributed by atoms with Gasteiger partial charge in [0.15, 0.2) is 5.13 Å². The fraction of sp³-hybridized carbons (Fsp3) is 0.545. The molecule has 166 valence electrons. The third-order valence-corrected chi connectivity index (χ3v) is 7.14. The van der Waals surface area contributed by atoms with E-state index in [0.717, 1.165) is 31.2 Å². The van der Waals surface area contributed by atoms with E-state index in [1.54, 1.807) is 12.1 Å². The highest BCUT2D eigenvalue weighted by atomic mass is 32.1. The van der Waals surface area contributed by atoms with E-state index in [0.29, 0.717) is 36.8 Å². The molecule has 2 aromatic rings. The van der Waals surface area contributed by atoms with Crippen molar-refractivity contribution in [1.29, 1.82) is 0 Å². The third kappa shape index (κ3) is 5.40. The van der Waals surface area contributed by atoms with Gasteiger partial charge < -0.3 is 10.2 Å². The Labute approximate surface area is 186 Å². The average Bonchev–Trinajstić information content (AvgIpc) is 3.22. The maximum absolute atomic E-state index is 12.7. The van der Waals surface area contributed by atoms with Crippen LogP contribution < -0.4 is 10.2 Å². The molecule has 1 aromatic heterocycles. The molecule has 0 radical (unpaired) electrons. The number of nitro groups is 1. The molecule has 2 aliphatic heterocycles. The zero-order chi connectivity index (χ0) is 21.8. The maximum atomic E-state index is 12.7. The van der Waals surface area contributed by atoms with Gasteiger partial charge in [0.05, 0.1) is 10.6 Å². The Morgan fingerprint density at radius 3 is 2.61 bits per heavy atom. The molecule has 0 aliphatic carbocycles. The van der Waals surface area contributed by atoms with Crippen molar-refractivity contribution in [2.24, 2.45) is 11.8 Å². The zero-order valence-electron chi connectivity index (χ0n) is 17.8. The van der Waals surface area contributed by atoms with Crippen LogP contribution in [0.2, 0.25) is 0 Å². The minimum Gasteiger partial charge on any atom is -0.366 e. The highest BCUT2D eigenvalue weighted by Gasteiger charge is 2.28. The van der Waals surface area contributed by atoms with Crippen molar-refractivity contribution in [3.63, 3.8) is 0 Å².